The van der Waals surface area contributed by atoms with Crippen LogP contribution in [-0.4, -0.2) is 25.2 Å². The van der Waals surface area contributed by atoms with Crippen LogP contribution in [-0.2, 0) is 9.53 Å². The molecule has 1 aliphatic rings. The van der Waals surface area contributed by atoms with Gasteiger partial charge < -0.3 is 15.4 Å². The molecule has 3 atom stereocenters. The predicted octanol–water partition coefficient (Wildman–Crippen LogP) is 1.99. The van der Waals surface area contributed by atoms with Crippen molar-refractivity contribution in [1.82, 2.24) is 10.6 Å². The smallest absolute Gasteiger partial charge is 0.315 e. The lowest BCUT2D eigenvalue weighted by Gasteiger charge is -2.39. The van der Waals surface area contributed by atoms with Gasteiger partial charge in [0.15, 0.2) is 0 Å². The second-order valence-electron chi connectivity index (χ2n) is 5.47. The number of methoxy groups -OCH3 is 1. The Hall–Kier alpha value is -2.11. The van der Waals surface area contributed by atoms with Crippen LogP contribution in [0.5, 0.6) is 0 Å². The zero-order valence-electron chi connectivity index (χ0n) is 12.2. The molecule has 5 nitrogen and oxygen atoms in total. The Kier molecular flexibility index (Phi) is 4.45. The maximum atomic E-state index is 13.1. The molecule has 0 aromatic heterocycles. The largest absolute Gasteiger partial charge is 0.469 e. The molecule has 3 unspecified atom stereocenters. The minimum Gasteiger partial charge on any atom is -0.469 e. The molecule has 21 heavy (non-hydrogen) atoms. The highest BCUT2D eigenvalue weighted by molar-refractivity contribution is 5.82. The third-order valence-electron chi connectivity index (χ3n) is 3.75. The summed E-state index contributed by atoms with van der Waals surface area (Å²) in [7, 11) is 1.32. The first-order chi connectivity index (χ1) is 9.93. The van der Waals surface area contributed by atoms with Crippen molar-refractivity contribution < 1.29 is 18.7 Å². The van der Waals surface area contributed by atoms with Crippen LogP contribution in [0.25, 0.3) is 0 Å². The molecule has 1 fully saturated rings. The van der Waals surface area contributed by atoms with Crippen LogP contribution < -0.4 is 10.6 Å². The summed E-state index contributed by atoms with van der Waals surface area (Å²) < 4.78 is 17.9. The zero-order valence-corrected chi connectivity index (χ0v) is 12.2. The van der Waals surface area contributed by atoms with Crippen LogP contribution in [0.15, 0.2) is 24.3 Å². The molecule has 114 valence electrons. The van der Waals surface area contributed by atoms with Crippen LogP contribution in [0.2, 0.25) is 0 Å². The molecule has 6 heteroatoms. The Labute approximate surface area is 122 Å². The summed E-state index contributed by atoms with van der Waals surface area (Å²) >= 11 is 0. The standard InChI is InChI=1S/C15H19FN2O3/c1-8(2)12-11(14(19)21-3)13(18-15(20)17-12)9-4-6-10(16)7-5-9/h4-8,11-13H,1-3H3,(H2,17,18,20). The SMILES string of the molecule is COC(=O)C1C(c2ccc(F)cc2)NC(=O)NC1C(C)C. The molecular weight excluding hydrogens is 275 g/mol. The number of ether oxygens (including phenoxy) is 1. The summed E-state index contributed by atoms with van der Waals surface area (Å²) in [5, 5.41) is 5.50. The van der Waals surface area contributed by atoms with Crippen LogP contribution in [0, 0.1) is 17.7 Å². The van der Waals surface area contributed by atoms with E-state index in [-0.39, 0.29) is 23.8 Å². The monoisotopic (exact) mass is 294 g/mol. The number of hydrogen-bond donors (Lipinski definition) is 2. The number of rotatable bonds is 3. The summed E-state index contributed by atoms with van der Waals surface area (Å²) in [6.45, 7) is 3.85. The van der Waals surface area contributed by atoms with E-state index in [0.717, 1.165) is 0 Å². The Morgan fingerprint density at radius 3 is 2.38 bits per heavy atom. The van der Waals surface area contributed by atoms with Gasteiger partial charge in [0.1, 0.15) is 11.7 Å². The van der Waals surface area contributed by atoms with Gasteiger partial charge in [-0.1, -0.05) is 26.0 Å². The van der Waals surface area contributed by atoms with Crippen LogP contribution in [0.3, 0.4) is 0 Å². The van der Waals surface area contributed by atoms with Gasteiger partial charge in [-0.3, -0.25) is 4.79 Å². The molecule has 1 heterocycles. The number of urea groups is 1. The number of hydrogen-bond acceptors (Lipinski definition) is 3. The lowest BCUT2D eigenvalue weighted by atomic mass is 9.80. The molecule has 0 spiro atoms. The number of carbonyl (C=O) groups excluding carboxylic acids is 2. The molecule has 0 aliphatic carbocycles. The first kappa shape index (κ1) is 15.3. The van der Waals surface area contributed by atoms with Gasteiger partial charge in [0.2, 0.25) is 0 Å². The second-order valence-corrected chi connectivity index (χ2v) is 5.47. The maximum Gasteiger partial charge on any atom is 0.315 e. The molecule has 1 saturated heterocycles. The Morgan fingerprint density at radius 2 is 1.86 bits per heavy atom. The van der Waals surface area contributed by atoms with Gasteiger partial charge in [-0.05, 0) is 23.6 Å². The number of amides is 2. The van der Waals surface area contributed by atoms with E-state index in [1.807, 2.05) is 13.8 Å². The van der Waals surface area contributed by atoms with Gasteiger partial charge in [-0.25, -0.2) is 9.18 Å². The van der Waals surface area contributed by atoms with Gasteiger partial charge in [0, 0.05) is 6.04 Å². The van der Waals surface area contributed by atoms with Crippen molar-refractivity contribution in [1.29, 1.82) is 0 Å². The minimum atomic E-state index is -0.571. The minimum absolute atomic E-state index is 0.0584. The predicted molar refractivity (Wildman–Crippen MR) is 74.9 cm³/mol. The van der Waals surface area contributed by atoms with Crippen molar-refractivity contribution in [3.8, 4) is 0 Å². The highest BCUT2D eigenvalue weighted by Gasteiger charge is 2.43. The highest BCUT2D eigenvalue weighted by atomic mass is 19.1. The van der Waals surface area contributed by atoms with E-state index in [4.69, 9.17) is 4.74 Å². The number of esters is 1. The molecule has 0 saturated carbocycles. The molecule has 1 aromatic rings. The number of nitrogens with one attached hydrogen (secondary N) is 2. The first-order valence-electron chi connectivity index (χ1n) is 6.84. The molecule has 0 bridgehead atoms. The normalized spacial score (nSPS) is 25.2. The van der Waals surface area contributed by atoms with Crippen molar-refractivity contribution in [2.45, 2.75) is 25.9 Å². The van der Waals surface area contributed by atoms with Gasteiger partial charge in [-0.2, -0.15) is 0 Å². The van der Waals surface area contributed by atoms with E-state index < -0.39 is 17.9 Å². The summed E-state index contributed by atoms with van der Waals surface area (Å²) in [5.74, 6) is -1.29. The molecular formula is C15H19FN2O3. The molecule has 1 aromatic carbocycles. The van der Waals surface area contributed by atoms with Crippen molar-refractivity contribution >= 4 is 12.0 Å². The lowest BCUT2D eigenvalue weighted by molar-refractivity contribution is -0.148. The average Bonchev–Trinajstić information content (AvgIpc) is 2.46. The van der Waals surface area contributed by atoms with E-state index in [2.05, 4.69) is 10.6 Å². The number of benzene rings is 1. The van der Waals surface area contributed by atoms with Crippen molar-refractivity contribution in [3.63, 3.8) is 0 Å². The first-order valence-corrected chi connectivity index (χ1v) is 6.84. The molecule has 2 N–H and O–H groups in total. The van der Waals surface area contributed by atoms with Gasteiger partial charge >= 0.3 is 12.0 Å². The van der Waals surface area contributed by atoms with Crippen LogP contribution in [0.4, 0.5) is 9.18 Å². The van der Waals surface area contributed by atoms with E-state index >= 15 is 0 Å². The summed E-state index contributed by atoms with van der Waals surface area (Å²) in [5.41, 5.74) is 0.673. The topological polar surface area (TPSA) is 67.4 Å². The Balaban J connectivity index is 2.40. The van der Waals surface area contributed by atoms with E-state index in [0.29, 0.717) is 5.56 Å². The third kappa shape index (κ3) is 3.15. The molecule has 2 rings (SSSR count). The highest BCUT2D eigenvalue weighted by Crippen LogP contribution is 2.31. The van der Waals surface area contributed by atoms with Gasteiger partial charge in [0.05, 0.1) is 13.2 Å². The number of carbonyl (C=O) groups is 2. The zero-order chi connectivity index (χ0) is 15.6. The van der Waals surface area contributed by atoms with Crippen molar-refractivity contribution in [2.24, 2.45) is 11.8 Å². The second kappa shape index (κ2) is 6.11. The van der Waals surface area contributed by atoms with E-state index in [1.165, 1.54) is 19.2 Å². The fourth-order valence-electron chi connectivity index (χ4n) is 2.68. The third-order valence-corrected chi connectivity index (χ3v) is 3.75. The average molecular weight is 294 g/mol. The fraction of sp³-hybridized carbons (Fsp3) is 0.467. The quantitative estimate of drug-likeness (QED) is 0.838. The Morgan fingerprint density at radius 1 is 1.24 bits per heavy atom. The Bertz CT molecular complexity index is 530. The lowest BCUT2D eigenvalue weighted by Crippen LogP contribution is -2.60. The van der Waals surface area contributed by atoms with Crippen molar-refractivity contribution in [3.05, 3.63) is 35.6 Å². The van der Waals surface area contributed by atoms with Crippen LogP contribution in [0.1, 0.15) is 25.5 Å². The van der Waals surface area contributed by atoms with Gasteiger partial charge in [0.25, 0.3) is 0 Å². The summed E-state index contributed by atoms with van der Waals surface area (Å²) in [4.78, 5) is 24.0. The maximum absolute atomic E-state index is 13.1. The molecule has 0 radical (unpaired) electrons. The summed E-state index contributed by atoms with van der Waals surface area (Å²) in [6, 6.07) is 4.52. The molecule has 1 aliphatic heterocycles. The van der Waals surface area contributed by atoms with E-state index in [1.54, 1.807) is 12.1 Å². The fourth-order valence-corrected chi connectivity index (χ4v) is 2.68. The molecule has 2 amide bonds. The summed E-state index contributed by atoms with van der Waals surface area (Å²) in [6.07, 6.45) is 0. The van der Waals surface area contributed by atoms with E-state index in [9.17, 15) is 14.0 Å². The number of halogens is 1. The van der Waals surface area contributed by atoms with Gasteiger partial charge in [-0.15, -0.1) is 0 Å². The van der Waals surface area contributed by atoms with Crippen molar-refractivity contribution in [2.75, 3.05) is 7.11 Å². The van der Waals surface area contributed by atoms with Crippen LogP contribution >= 0.6 is 0 Å².